The van der Waals surface area contributed by atoms with Crippen LogP contribution in [0.1, 0.15) is 44.6 Å². The first-order valence-corrected chi connectivity index (χ1v) is 13.1. The van der Waals surface area contributed by atoms with E-state index in [1.807, 2.05) is 23.7 Å². The van der Waals surface area contributed by atoms with Gasteiger partial charge in [0.05, 0.1) is 34.9 Å². The van der Waals surface area contributed by atoms with E-state index in [4.69, 9.17) is 4.74 Å². The Morgan fingerprint density at radius 1 is 1.11 bits per heavy atom. The molecule has 35 heavy (non-hydrogen) atoms. The van der Waals surface area contributed by atoms with E-state index in [1.54, 1.807) is 4.57 Å². The van der Waals surface area contributed by atoms with Crippen molar-refractivity contribution in [2.45, 2.75) is 56.7 Å². The molecule has 0 saturated carbocycles. The first-order valence-electron chi connectivity index (χ1n) is 13.1. The van der Waals surface area contributed by atoms with E-state index >= 15 is 0 Å². The van der Waals surface area contributed by atoms with Gasteiger partial charge in [-0.2, -0.15) is 0 Å². The van der Waals surface area contributed by atoms with Crippen LogP contribution in [0.15, 0.2) is 23.0 Å². The zero-order valence-corrected chi connectivity index (χ0v) is 20.6. The molecule has 9 nitrogen and oxygen atoms in total. The second-order valence-electron chi connectivity index (χ2n) is 10.3. The number of Topliss-reactive ketones (excluding diaryl/α,β-unsaturated/α-hetero) is 1. The minimum atomic E-state index is -0.441. The van der Waals surface area contributed by atoms with E-state index in [-0.39, 0.29) is 11.7 Å². The lowest BCUT2D eigenvalue weighted by atomic mass is 9.98. The van der Waals surface area contributed by atoms with Gasteiger partial charge in [0.2, 0.25) is 5.78 Å². The first-order chi connectivity index (χ1) is 17.1. The molecule has 2 N–H and O–H groups in total. The number of carbonyl (C=O) groups excluding carboxylic acids is 2. The van der Waals surface area contributed by atoms with E-state index in [1.165, 1.54) is 12.8 Å². The quantitative estimate of drug-likeness (QED) is 0.454. The topological polar surface area (TPSA) is 97.6 Å². The molecule has 0 spiro atoms. The van der Waals surface area contributed by atoms with Gasteiger partial charge in [-0.25, -0.2) is 4.79 Å². The zero-order valence-electron chi connectivity index (χ0n) is 20.6. The summed E-state index contributed by atoms with van der Waals surface area (Å²) in [6.07, 6.45) is 6.33. The van der Waals surface area contributed by atoms with Crippen molar-refractivity contribution in [3.05, 3.63) is 28.7 Å². The fourth-order valence-corrected chi connectivity index (χ4v) is 6.00. The second kappa shape index (κ2) is 10.6. The van der Waals surface area contributed by atoms with E-state index < -0.39 is 11.8 Å². The molecule has 0 aliphatic carbocycles. The maximum absolute atomic E-state index is 13.3. The number of aldehydes is 1. The molecule has 1 aromatic heterocycles. The number of nitrogens with zero attached hydrogens (tertiary/aromatic N) is 3. The van der Waals surface area contributed by atoms with Gasteiger partial charge in [0.1, 0.15) is 0 Å². The van der Waals surface area contributed by atoms with Gasteiger partial charge in [-0.1, -0.05) is 6.07 Å². The van der Waals surface area contributed by atoms with Crippen molar-refractivity contribution in [1.29, 1.82) is 0 Å². The van der Waals surface area contributed by atoms with Crippen LogP contribution >= 0.6 is 0 Å². The van der Waals surface area contributed by atoms with Crippen molar-refractivity contribution in [3.8, 4) is 0 Å². The Balaban J connectivity index is 1.28. The van der Waals surface area contributed by atoms with Crippen LogP contribution in [0.4, 0.5) is 5.69 Å². The Kier molecular flexibility index (Phi) is 7.36. The van der Waals surface area contributed by atoms with E-state index in [2.05, 4.69) is 21.6 Å². The molecule has 2 atom stereocenters. The number of imidazole rings is 1. The summed E-state index contributed by atoms with van der Waals surface area (Å²) in [4.78, 5) is 38.3. The summed E-state index contributed by atoms with van der Waals surface area (Å²) < 4.78 is 9.91. The third-order valence-electron chi connectivity index (χ3n) is 8.10. The number of ether oxygens (including phenoxy) is 1. The van der Waals surface area contributed by atoms with Crippen LogP contribution in [-0.2, 0) is 21.4 Å². The number of carbonyl (C=O) groups is 2. The third kappa shape index (κ3) is 4.94. The zero-order chi connectivity index (χ0) is 24.4. The number of aryl methyl sites for hydroxylation is 1. The summed E-state index contributed by atoms with van der Waals surface area (Å²) in [5.74, 6) is 0.262. The molecule has 190 valence electrons. The Morgan fingerprint density at radius 2 is 1.89 bits per heavy atom. The molecule has 3 aliphatic rings. The van der Waals surface area contributed by atoms with Gasteiger partial charge in [0, 0.05) is 33.3 Å². The van der Waals surface area contributed by atoms with Crippen molar-refractivity contribution < 1.29 is 14.3 Å². The van der Waals surface area contributed by atoms with Crippen LogP contribution in [0.5, 0.6) is 0 Å². The molecule has 5 rings (SSSR count). The smallest absolute Gasteiger partial charge is 0.329 e. The molecule has 3 aliphatic heterocycles. The number of anilines is 1. The van der Waals surface area contributed by atoms with Crippen LogP contribution in [0.25, 0.3) is 11.0 Å². The van der Waals surface area contributed by atoms with Gasteiger partial charge in [-0.15, -0.1) is 0 Å². The number of rotatable bonds is 7. The average molecular weight is 484 g/mol. The molecule has 0 bridgehead atoms. The minimum absolute atomic E-state index is 0.0420. The van der Waals surface area contributed by atoms with Crippen molar-refractivity contribution in [2.24, 2.45) is 13.0 Å². The Hall–Kier alpha value is -2.49. The predicted octanol–water partition coefficient (Wildman–Crippen LogP) is 1.39. The molecule has 3 fully saturated rings. The average Bonchev–Trinajstić information content (AvgIpc) is 3.17. The molecule has 0 amide bonds. The number of hydrogen-bond donors (Lipinski definition) is 2. The molecular formula is C26H37N5O4. The van der Waals surface area contributed by atoms with Gasteiger partial charge >= 0.3 is 5.69 Å². The Labute approximate surface area is 205 Å². The molecular weight excluding hydrogens is 446 g/mol. The summed E-state index contributed by atoms with van der Waals surface area (Å²) in [5.41, 5.74) is 2.93. The maximum atomic E-state index is 13.3. The van der Waals surface area contributed by atoms with Crippen LogP contribution < -0.4 is 21.2 Å². The normalized spacial score (nSPS) is 24.7. The molecule has 3 saturated heterocycles. The lowest BCUT2D eigenvalue weighted by Crippen LogP contribution is -2.46. The van der Waals surface area contributed by atoms with Gasteiger partial charge < -0.3 is 20.3 Å². The highest BCUT2D eigenvalue weighted by Crippen LogP contribution is 2.31. The highest BCUT2D eigenvalue weighted by molar-refractivity contribution is 6.27. The summed E-state index contributed by atoms with van der Waals surface area (Å²) in [6.45, 7) is 5.39. The highest BCUT2D eigenvalue weighted by Gasteiger charge is 2.30. The molecule has 0 radical (unpaired) electrons. The summed E-state index contributed by atoms with van der Waals surface area (Å²) in [6, 6.07) is 5.66. The van der Waals surface area contributed by atoms with Crippen LogP contribution in [-0.4, -0.2) is 72.7 Å². The Bertz CT molecular complexity index is 1100. The van der Waals surface area contributed by atoms with Crippen molar-refractivity contribution >= 4 is 28.8 Å². The van der Waals surface area contributed by atoms with Gasteiger partial charge in [0.15, 0.2) is 6.29 Å². The number of ketones is 1. The number of nitrogens with one attached hydrogen (secondary N) is 2. The van der Waals surface area contributed by atoms with E-state index in [0.29, 0.717) is 37.7 Å². The maximum Gasteiger partial charge on any atom is 0.329 e. The lowest BCUT2D eigenvalue weighted by molar-refractivity contribution is -0.131. The third-order valence-corrected chi connectivity index (χ3v) is 8.10. The molecule has 2 unspecified atom stereocenters. The SMILES string of the molecule is Cn1c(=O)n(C2CCC(C(=O)C=O)NC2)c2cccc(N3CCC(OCC4CCNCC4)CC3)c21. The fraction of sp³-hybridized carbons (Fsp3) is 0.654. The number of para-hydroxylation sites is 1. The summed E-state index contributed by atoms with van der Waals surface area (Å²) in [5, 5.41) is 6.57. The van der Waals surface area contributed by atoms with Crippen molar-refractivity contribution in [2.75, 3.05) is 44.2 Å². The Morgan fingerprint density at radius 3 is 2.57 bits per heavy atom. The largest absolute Gasteiger partial charge is 0.378 e. The predicted molar refractivity (Wildman–Crippen MR) is 135 cm³/mol. The van der Waals surface area contributed by atoms with E-state index in [0.717, 1.165) is 62.3 Å². The number of fused-ring (bicyclic) bond motifs is 1. The van der Waals surface area contributed by atoms with Crippen LogP contribution in [0.3, 0.4) is 0 Å². The van der Waals surface area contributed by atoms with Crippen LogP contribution in [0.2, 0.25) is 0 Å². The molecule has 1 aromatic carbocycles. The molecule has 4 heterocycles. The second-order valence-corrected chi connectivity index (χ2v) is 10.3. The summed E-state index contributed by atoms with van der Waals surface area (Å²) >= 11 is 0. The van der Waals surface area contributed by atoms with Crippen molar-refractivity contribution in [3.63, 3.8) is 0 Å². The van der Waals surface area contributed by atoms with E-state index in [9.17, 15) is 14.4 Å². The fourth-order valence-electron chi connectivity index (χ4n) is 6.00. The van der Waals surface area contributed by atoms with Gasteiger partial charge in [-0.3, -0.25) is 18.7 Å². The minimum Gasteiger partial charge on any atom is -0.378 e. The van der Waals surface area contributed by atoms with Crippen molar-refractivity contribution in [1.82, 2.24) is 19.8 Å². The monoisotopic (exact) mass is 483 g/mol. The number of benzene rings is 1. The standard InChI is InChI=1S/C26H37N5O4/c1-29-25-22(30-13-9-20(10-14-30)35-17-18-7-11-27-12-8-18)3-2-4-23(25)31(26(29)34)19-5-6-21(28-15-19)24(33)16-32/h2-4,16,18-21,27-28H,5-15,17H2,1H3. The molecule has 9 heteroatoms. The summed E-state index contributed by atoms with van der Waals surface area (Å²) in [7, 11) is 1.84. The van der Waals surface area contributed by atoms with Gasteiger partial charge in [0.25, 0.3) is 0 Å². The number of aromatic nitrogens is 2. The number of piperidine rings is 3. The highest BCUT2D eigenvalue weighted by atomic mass is 16.5. The number of hydrogen-bond acceptors (Lipinski definition) is 7. The first kappa shape index (κ1) is 24.2. The van der Waals surface area contributed by atoms with Gasteiger partial charge in [-0.05, 0) is 69.7 Å². The van der Waals surface area contributed by atoms with Crippen LogP contribution in [0, 0.1) is 5.92 Å². The lowest BCUT2D eigenvalue weighted by Gasteiger charge is -2.35. The molecule has 2 aromatic rings.